The van der Waals surface area contributed by atoms with Crippen molar-refractivity contribution < 1.29 is 9.50 Å². The Bertz CT molecular complexity index is 784. The van der Waals surface area contributed by atoms with Crippen LogP contribution in [0.25, 0.3) is 0 Å². The van der Waals surface area contributed by atoms with Crippen molar-refractivity contribution in [1.82, 2.24) is 20.9 Å². The highest BCUT2D eigenvalue weighted by molar-refractivity contribution is 6.29. The molecule has 2 aliphatic heterocycles. The molecule has 8 heteroatoms. The Morgan fingerprint density at radius 2 is 1.77 bits per heavy atom. The molecule has 0 bridgehead atoms. The standard InChI is InChI=1S/C19H27ClN4O.C6H12FN.3C2H6/c1-6-9-18(20)23-17(15(5)25)12-22-14(4)16-10-8-11-24(19(16)21)13(3)7-2;1-6(7)2-4-8-5-3-6;3*1-2/h6-11,14,17,19,22-23,25H,1-3,5,12,21H2,4H3;8H,2-5H2,1H3;3*1-2H3/b18-9-;;;;. The number of nitrogens with two attached hydrogens (primary N) is 1. The normalized spacial score (nSPS) is 18.7. The van der Waals surface area contributed by atoms with Crippen LogP contribution in [0, 0.1) is 0 Å². The molecular weight excluding hydrogens is 513 g/mol. The number of piperidine rings is 1. The van der Waals surface area contributed by atoms with Gasteiger partial charge in [0.15, 0.2) is 0 Å². The molecule has 1 fully saturated rings. The van der Waals surface area contributed by atoms with Gasteiger partial charge in [-0.15, -0.1) is 0 Å². The maximum absolute atomic E-state index is 12.8. The van der Waals surface area contributed by atoms with Gasteiger partial charge in [-0.1, -0.05) is 91.6 Å². The molecule has 3 unspecified atom stereocenters. The number of halogens is 2. The molecule has 2 heterocycles. The van der Waals surface area contributed by atoms with Gasteiger partial charge in [-0.05, 0) is 63.6 Å². The Hall–Kier alpha value is -2.32. The number of rotatable bonds is 10. The van der Waals surface area contributed by atoms with Gasteiger partial charge in [-0.3, -0.25) is 0 Å². The van der Waals surface area contributed by atoms with E-state index in [1.807, 2.05) is 71.7 Å². The van der Waals surface area contributed by atoms with E-state index in [2.05, 4.69) is 42.3 Å². The number of nitrogens with one attached hydrogen (secondary N) is 3. The molecule has 2 aliphatic rings. The summed E-state index contributed by atoms with van der Waals surface area (Å²) in [6, 6.07) is -0.479. The van der Waals surface area contributed by atoms with E-state index < -0.39 is 11.7 Å². The number of hydrogen-bond donors (Lipinski definition) is 5. The maximum Gasteiger partial charge on any atom is 0.110 e. The molecule has 39 heavy (non-hydrogen) atoms. The van der Waals surface area contributed by atoms with Crippen LogP contribution in [0.3, 0.4) is 0 Å². The molecule has 0 saturated carbocycles. The van der Waals surface area contributed by atoms with E-state index in [-0.39, 0.29) is 18.0 Å². The van der Waals surface area contributed by atoms with Crippen LogP contribution < -0.4 is 21.7 Å². The molecule has 0 aromatic rings. The Kier molecular flexibility index (Phi) is 26.1. The number of hydrogen-bond acceptors (Lipinski definition) is 6. The lowest BCUT2D eigenvalue weighted by Gasteiger charge is -2.35. The summed E-state index contributed by atoms with van der Waals surface area (Å²) in [5, 5.41) is 19.5. The van der Waals surface area contributed by atoms with E-state index in [4.69, 9.17) is 17.3 Å². The molecule has 226 valence electrons. The topological polar surface area (TPSA) is 85.6 Å². The highest BCUT2D eigenvalue weighted by atomic mass is 35.5. The second-order valence-electron chi connectivity index (χ2n) is 8.29. The van der Waals surface area contributed by atoms with E-state index in [0.717, 1.165) is 24.4 Å². The van der Waals surface area contributed by atoms with Crippen molar-refractivity contribution in [2.75, 3.05) is 19.6 Å². The van der Waals surface area contributed by atoms with Crippen molar-refractivity contribution in [2.24, 2.45) is 5.73 Å². The molecule has 6 N–H and O–H groups in total. The van der Waals surface area contributed by atoms with Crippen LogP contribution >= 0.6 is 11.6 Å². The van der Waals surface area contributed by atoms with Crippen molar-refractivity contribution in [2.45, 2.75) is 92.1 Å². The summed E-state index contributed by atoms with van der Waals surface area (Å²) in [5.74, 6) is -0.0150. The SMILES string of the molecule is C=C/C=C(/Cl)NC(CNC(C)C1=CC=CN(C(=C)C=C)C1N)C(=C)O.CC.CC.CC.CC1(F)CCNCC1. The molecule has 3 atom stereocenters. The van der Waals surface area contributed by atoms with E-state index in [1.54, 1.807) is 25.2 Å². The summed E-state index contributed by atoms with van der Waals surface area (Å²) in [4.78, 5) is 1.85. The van der Waals surface area contributed by atoms with Crippen LogP contribution in [-0.4, -0.2) is 53.6 Å². The first kappa shape index (κ1) is 41.2. The average Bonchev–Trinajstić information content (AvgIpc) is 2.94. The quantitative estimate of drug-likeness (QED) is 0.109. The van der Waals surface area contributed by atoms with Gasteiger partial charge in [0.25, 0.3) is 0 Å². The van der Waals surface area contributed by atoms with Gasteiger partial charge in [0.1, 0.15) is 22.7 Å². The van der Waals surface area contributed by atoms with E-state index in [1.165, 1.54) is 0 Å². The smallest absolute Gasteiger partial charge is 0.110 e. The zero-order chi connectivity index (χ0) is 31.0. The lowest BCUT2D eigenvalue weighted by Crippen LogP contribution is -2.48. The van der Waals surface area contributed by atoms with Gasteiger partial charge >= 0.3 is 0 Å². The van der Waals surface area contributed by atoms with Crippen molar-refractivity contribution >= 4 is 11.6 Å². The number of allylic oxidation sites excluding steroid dienone is 5. The fourth-order valence-electron chi connectivity index (χ4n) is 3.31. The predicted octanol–water partition coefficient (Wildman–Crippen LogP) is 7.18. The van der Waals surface area contributed by atoms with E-state index in [9.17, 15) is 9.50 Å². The molecule has 0 amide bonds. The summed E-state index contributed by atoms with van der Waals surface area (Å²) in [7, 11) is 0. The summed E-state index contributed by atoms with van der Waals surface area (Å²) in [6.07, 6.45) is 11.6. The van der Waals surface area contributed by atoms with E-state index in [0.29, 0.717) is 24.5 Å². The lowest BCUT2D eigenvalue weighted by molar-refractivity contribution is 0.139. The first-order chi connectivity index (χ1) is 18.5. The number of alkyl halides is 1. The van der Waals surface area contributed by atoms with Crippen molar-refractivity contribution in [3.63, 3.8) is 0 Å². The fraction of sp³-hybridized carbons (Fsp3) is 0.548. The number of nitrogens with zero attached hydrogens (tertiary/aromatic N) is 1. The summed E-state index contributed by atoms with van der Waals surface area (Å²) in [6.45, 7) is 32.6. The fourth-order valence-corrected chi connectivity index (χ4v) is 3.53. The molecule has 1 saturated heterocycles. The second-order valence-corrected chi connectivity index (χ2v) is 8.69. The van der Waals surface area contributed by atoms with Crippen LogP contribution in [0.4, 0.5) is 4.39 Å². The van der Waals surface area contributed by atoms with Crippen molar-refractivity contribution in [3.8, 4) is 0 Å². The molecule has 6 nitrogen and oxygen atoms in total. The predicted molar refractivity (Wildman–Crippen MR) is 172 cm³/mol. The van der Waals surface area contributed by atoms with Gasteiger partial charge < -0.3 is 31.7 Å². The Morgan fingerprint density at radius 1 is 1.23 bits per heavy atom. The average molecular weight is 570 g/mol. The lowest BCUT2D eigenvalue weighted by atomic mass is 9.97. The van der Waals surface area contributed by atoms with Gasteiger partial charge in [0.2, 0.25) is 0 Å². The van der Waals surface area contributed by atoms with Crippen LogP contribution in [-0.2, 0) is 0 Å². The zero-order valence-corrected chi connectivity index (χ0v) is 26.5. The third kappa shape index (κ3) is 17.8. The summed E-state index contributed by atoms with van der Waals surface area (Å²) >= 11 is 6.01. The number of aliphatic hydroxyl groups is 1. The monoisotopic (exact) mass is 569 g/mol. The maximum atomic E-state index is 12.8. The number of aliphatic hydroxyl groups excluding tert-OH is 1. The third-order valence-corrected chi connectivity index (χ3v) is 5.73. The second kappa shape index (κ2) is 24.7. The third-order valence-electron chi connectivity index (χ3n) is 5.50. The highest BCUT2D eigenvalue weighted by Crippen LogP contribution is 2.21. The minimum Gasteiger partial charge on any atom is -0.511 e. The molecule has 0 spiro atoms. The Morgan fingerprint density at radius 3 is 2.18 bits per heavy atom. The van der Waals surface area contributed by atoms with Crippen LogP contribution in [0.15, 0.2) is 85.1 Å². The first-order valence-corrected chi connectivity index (χ1v) is 14.4. The van der Waals surface area contributed by atoms with Crippen LogP contribution in [0.1, 0.15) is 68.2 Å². The summed E-state index contributed by atoms with van der Waals surface area (Å²) < 4.78 is 12.8. The minimum atomic E-state index is -0.884. The molecule has 0 aliphatic carbocycles. The molecule has 0 aromatic carbocycles. The van der Waals surface area contributed by atoms with Crippen LogP contribution in [0.2, 0.25) is 0 Å². The largest absolute Gasteiger partial charge is 0.511 e. The van der Waals surface area contributed by atoms with Gasteiger partial charge in [-0.2, -0.15) is 0 Å². The minimum absolute atomic E-state index is 0.0150. The molecular formula is C31H57ClFN5O. The van der Waals surface area contributed by atoms with E-state index >= 15 is 0 Å². The van der Waals surface area contributed by atoms with Gasteiger partial charge in [0.05, 0.1) is 6.04 Å². The molecule has 0 radical (unpaired) electrons. The van der Waals surface area contributed by atoms with Gasteiger partial charge in [-0.25, -0.2) is 4.39 Å². The van der Waals surface area contributed by atoms with Gasteiger partial charge in [0, 0.05) is 24.5 Å². The summed E-state index contributed by atoms with van der Waals surface area (Å²) in [5.41, 5.74) is 7.15. The Balaban J connectivity index is -0.000000765. The van der Waals surface area contributed by atoms with Crippen LogP contribution in [0.5, 0.6) is 0 Å². The highest BCUT2D eigenvalue weighted by Gasteiger charge is 2.25. The first-order valence-electron chi connectivity index (χ1n) is 14.0. The molecule has 2 rings (SSSR count). The van der Waals surface area contributed by atoms with Crippen molar-refractivity contribution in [3.05, 3.63) is 85.1 Å². The van der Waals surface area contributed by atoms with Crippen molar-refractivity contribution in [1.29, 1.82) is 0 Å². The molecule has 0 aromatic heterocycles. The Labute approximate surface area is 244 Å². The zero-order valence-electron chi connectivity index (χ0n) is 25.8.